The van der Waals surface area contributed by atoms with Crippen LogP contribution in [0.15, 0.2) is 48.5 Å². The van der Waals surface area contributed by atoms with Crippen molar-refractivity contribution in [2.75, 3.05) is 13.2 Å². The van der Waals surface area contributed by atoms with E-state index in [9.17, 15) is 4.79 Å². The predicted molar refractivity (Wildman–Crippen MR) is 127 cm³/mol. The number of carbonyl (C=O) groups excluding carboxylic acids is 1. The molecule has 5 nitrogen and oxygen atoms in total. The maximum absolute atomic E-state index is 11.0. The van der Waals surface area contributed by atoms with Gasteiger partial charge in [0.25, 0.3) is 0 Å². The smallest absolute Gasteiger partial charge is 0.216 e. The molecule has 1 heterocycles. The van der Waals surface area contributed by atoms with Gasteiger partial charge in [0.05, 0.1) is 17.6 Å². The Morgan fingerprint density at radius 1 is 1.00 bits per heavy atom. The van der Waals surface area contributed by atoms with E-state index in [1.807, 2.05) is 0 Å². The Bertz CT molecular complexity index is 947. The third-order valence-corrected chi connectivity index (χ3v) is 5.56. The Morgan fingerprint density at radius 3 is 2.58 bits per heavy atom. The molecule has 0 unspecified atom stereocenters. The number of rotatable bonds is 13. The highest BCUT2D eigenvalue weighted by molar-refractivity contribution is 5.75. The van der Waals surface area contributed by atoms with Gasteiger partial charge in [-0.3, -0.25) is 4.79 Å². The third kappa shape index (κ3) is 7.12. The van der Waals surface area contributed by atoms with Crippen LogP contribution in [0.2, 0.25) is 0 Å². The predicted octanol–water partition coefficient (Wildman–Crippen LogP) is 5.31. The van der Waals surface area contributed by atoms with Crippen molar-refractivity contribution in [3.63, 3.8) is 0 Å². The van der Waals surface area contributed by atoms with E-state index in [0.717, 1.165) is 81.7 Å². The zero-order valence-corrected chi connectivity index (χ0v) is 18.9. The normalized spacial score (nSPS) is 11.0. The lowest BCUT2D eigenvalue weighted by Gasteiger charge is -2.10. The van der Waals surface area contributed by atoms with Crippen LogP contribution in [-0.2, 0) is 24.2 Å². The van der Waals surface area contributed by atoms with Crippen LogP contribution in [0.4, 0.5) is 0 Å². The van der Waals surface area contributed by atoms with Crippen molar-refractivity contribution in [2.45, 2.75) is 65.3 Å². The highest BCUT2D eigenvalue weighted by Crippen LogP contribution is 2.19. The third-order valence-electron chi connectivity index (χ3n) is 5.56. The van der Waals surface area contributed by atoms with Crippen molar-refractivity contribution >= 4 is 16.9 Å². The molecule has 1 N–H and O–H groups in total. The van der Waals surface area contributed by atoms with Crippen molar-refractivity contribution in [1.82, 2.24) is 14.9 Å². The van der Waals surface area contributed by atoms with E-state index in [4.69, 9.17) is 9.72 Å². The fourth-order valence-electron chi connectivity index (χ4n) is 3.80. The summed E-state index contributed by atoms with van der Waals surface area (Å²) >= 11 is 0. The Labute approximate surface area is 185 Å². The summed E-state index contributed by atoms with van der Waals surface area (Å²) in [6.07, 6.45) is 7.28. The topological polar surface area (TPSA) is 56.1 Å². The SMILES string of the molecule is CCc1ccc(OCCCCn2c(CCCCCNC(C)=O)nc3ccccc32)cc1. The number of nitrogens with zero attached hydrogens (tertiary/aromatic N) is 2. The number of hydrogen-bond acceptors (Lipinski definition) is 3. The molecule has 1 amide bonds. The van der Waals surface area contributed by atoms with Crippen molar-refractivity contribution in [3.05, 3.63) is 59.9 Å². The molecule has 5 heteroatoms. The van der Waals surface area contributed by atoms with Crippen LogP contribution in [0.3, 0.4) is 0 Å². The molecule has 0 saturated carbocycles. The van der Waals surface area contributed by atoms with E-state index in [-0.39, 0.29) is 5.91 Å². The minimum absolute atomic E-state index is 0.0451. The molecule has 0 saturated heterocycles. The molecule has 0 aliphatic rings. The van der Waals surface area contributed by atoms with Crippen LogP contribution < -0.4 is 10.1 Å². The van der Waals surface area contributed by atoms with Gasteiger partial charge in [-0.15, -0.1) is 0 Å². The standard InChI is InChI=1S/C26H35N3O2/c1-3-22-14-16-23(17-15-22)31-20-10-9-19-29-25-12-7-6-11-24(25)28-26(29)13-5-4-8-18-27-21(2)30/h6-7,11-12,14-17H,3-5,8-10,13,18-20H2,1-2H3,(H,27,30). The first-order valence-corrected chi connectivity index (χ1v) is 11.6. The van der Waals surface area contributed by atoms with E-state index < -0.39 is 0 Å². The van der Waals surface area contributed by atoms with E-state index in [2.05, 4.69) is 65.3 Å². The number of carbonyl (C=O) groups is 1. The van der Waals surface area contributed by atoms with Gasteiger partial charge >= 0.3 is 0 Å². The van der Waals surface area contributed by atoms with Gasteiger partial charge in [-0.05, 0) is 61.9 Å². The minimum Gasteiger partial charge on any atom is -0.494 e. The second-order valence-corrected chi connectivity index (χ2v) is 8.02. The number of amides is 1. The summed E-state index contributed by atoms with van der Waals surface area (Å²) in [5.41, 5.74) is 3.62. The average Bonchev–Trinajstić information content (AvgIpc) is 3.13. The summed E-state index contributed by atoms with van der Waals surface area (Å²) in [7, 11) is 0. The fourth-order valence-corrected chi connectivity index (χ4v) is 3.80. The number of hydrogen-bond donors (Lipinski definition) is 1. The Morgan fingerprint density at radius 2 is 1.81 bits per heavy atom. The number of aromatic nitrogens is 2. The van der Waals surface area contributed by atoms with Gasteiger partial charge in [0.2, 0.25) is 5.91 Å². The number of benzene rings is 2. The fraction of sp³-hybridized carbons (Fsp3) is 0.462. The average molecular weight is 422 g/mol. The van der Waals surface area contributed by atoms with Crippen LogP contribution in [0.1, 0.15) is 57.3 Å². The molecule has 3 rings (SSSR count). The number of para-hydroxylation sites is 2. The quantitative estimate of drug-likeness (QED) is 0.381. The summed E-state index contributed by atoms with van der Waals surface area (Å²) < 4.78 is 8.28. The lowest BCUT2D eigenvalue weighted by Crippen LogP contribution is -2.20. The molecule has 3 aromatic rings. The number of ether oxygens (including phenoxy) is 1. The highest BCUT2D eigenvalue weighted by atomic mass is 16.5. The van der Waals surface area contributed by atoms with Gasteiger partial charge in [0.1, 0.15) is 11.6 Å². The molecule has 31 heavy (non-hydrogen) atoms. The minimum atomic E-state index is 0.0451. The molecular formula is C26H35N3O2. The van der Waals surface area contributed by atoms with Gasteiger partial charge in [-0.2, -0.15) is 0 Å². The highest BCUT2D eigenvalue weighted by Gasteiger charge is 2.10. The first-order valence-electron chi connectivity index (χ1n) is 11.6. The van der Waals surface area contributed by atoms with Gasteiger partial charge in [0.15, 0.2) is 0 Å². The lowest BCUT2D eigenvalue weighted by molar-refractivity contribution is -0.118. The molecule has 0 fully saturated rings. The first-order chi connectivity index (χ1) is 15.2. The monoisotopic (exact) mass is 421 g/mol. The van der Waals surface area contributed by atoms with Crippen molar-refractivity contribution < 1.29 is 9.53 Å². The summed E-state index contributed by atoms with van der Waals surface area (Å²) in [4.78, 5) is 15.8. The molecule has 0 spiro atoms. The van der Waals surface area contributed by atoms with Crippen LogP contribution in [-0.4, -0.2) is 28.6 Å². The number of aryl methyl sites for hydroxylation is 3. The molecule has 0 aliphatic carbocycles. The van der Waals surface area contributed by atoms with E-state index in [1.165, 1.54) is 11.1 Å². The molecule has 166 valence electrons. The summed E-state index contributed by atoms with van der Waals surface area (Å²) in [5.74, 6) is 2.16. The maximum Gasteiger partial charge on any atom is 0.216 e. The van der Waals surface area contributed by atoms with E-state index in [0.29, 0.717) is 0 Å². The molecule has 0 radical (unpaired) electrons. The van der Waals surface area contributed by atoms with Gasteiger partial charge in [0, 0.05) is 26.4 Å². The second-order valence-electron chi connectivity index (χ2n) is 8.02. The number of fused-ring (bicyclic) bond motifs is 1. The maximum atomic E-state index is 11.0. The van der Waals surface area contributed by atoms with Crippen molar-refractivity contribution in [3.8, 4) is 5.75 Å². The lowest BCUT2D eigenvalue weighted by atomic mass is 10.2. The molecule has 0 atom stereocenters. The molecular weight excluding hydrogens is 386 g/mol. The molecule has 1 aromatic heterocycles. The van der Waals surface area contributed by atoms with Crippen LogP contribution >= 0.6 is 0 Å². The second kappa shape index (κ2) is 12.1. The Balaban J connectivity index is 1.47. The van der Waals surface area contributed by atoms with Crippen molar-refractivity contribution in [1.29, 1.82) is 0 Å². The Hall–Kier alpha value is -2.82. The number of unbranched alkanes of at least 4 members (excludes halogenated alkanes) is 3. The van der Waals surface area contributed by atoms with Crippen LogP contribution in [0, 0.1) is 0 Å². The molecule has 0 bridgehead atoms. The summed E-state index contributed by atoms with van der Waals surface area (Å²) in [6.45, 7) is 6.18. The zero-order valence-electron chi connectivity index (χ0n) is 18.9. The molecule has 2 aromatic carbocycles. The van der Waals surface area contributed by atoms with E-state index >= 15 is 0 Å². The Kier molecular flexibility index (Phi) is 8.95. The summed E-state index contributed by atoms with van der Waals surface area (Å²) in [6, 6.07) is 16.8. The van der Waals surface area contributed by atoms with Crippen molar-refractivity contribution in [2.24, 2.45) is 0 Å². The van der Waals surface area contributed by atoms with Gasteiger partial charge in [-0.1, -0.05) is 37.6 Å². The van der Waals surface area contributed by atoms with Gasteiger partial charge in [-0.25, -0.2) is 4.98 Å². The van der Waals surface area contributed by atoms with Gasteiger partial charge < -0.3 is 14.6 Å². The number of imidazole rings is 1. The first kappa shape index (κ1) is 22.9. The number of nitrogens with one attached hydrogen (secondary N) is 1. The zero-order chi connectivity index (χ0) is 21.9. The van der Waals surface area contributed by atoms with E-state index in [1.54, 1.807) is 6.92 Å². The van der Waals surface area contributed by atoms with Crippen LogP contribution in [0.25, 0.3) is 11.0 Å². The summed E-state index contributed by atoms with van der Waals surface area (Å²) in [5, 5.41) is 2.86. The van der Waals surface area contributed by atoms with Crippen LogP contribution in [0.5, 0.6) is 5.75 Å². The molecule has 0 aliphatic heterocycles. The largest absolute Gasteiger partial charge is 0.494 e.